The fourth-order valence-electron chi connectivity index (χ4n) is 2.28. The summed E-state index contributed by atoms with van der Waals surface area (Å²) in [6, 6.07) is 0. The first-order chi connectivity index (χ1) is 10.1. The lowest BCUT2D eigenvalue weighted by molar-refractivity contribution is 0.0874. The molecule has 1 saturated heterocycles. The van der Waals surface area contributed by atoms with E-state index < -0.39 is 0 Å². The summed E-state index contributed by atoms with van der Waals surface area (Å²) in [6.07, 6.45) is 4.85. The number of nitrogens with one attached hydrogen (secondary N) is 1. The third-order valence-electron chi connectivity index (χ3n) is 3.68. The second kappa shape index (κ2) is 7.61. The number of nitrogens with zero attached hydrogens (tertiary/aromatic N) is 2. The van der Waals surface area contributed by atoms with Crippen LogP contribution in [0.25, 0.3) is 0 Å². The van der Waals surface area contributed by atoms with Gasteiger partial charge in [0.15, 0.2) is 5.13 Å². The second-order valence-corrected chi connectivity index (χ2v) is 6.35. The lowest BCUT2D eigenvalue weighted by Crippen LogP contribution is -2.31. The van der Waals surface area contributed by atoms with Gasteiger partial charge in [-0.05, 0) is 19.8 Å². The number of nitrogens with two attached hydrogens (primary N) is 1. The minimum atomic E-state index is -0.171. The fraction of sp³-hybridized carbons (Fsp3) is 0.714. The number of carbonyl (C=O) groups is 1. The van der Waals surface area contributed by atoms with E-state index in [1.165, 1.54) is 37.0 Å². The molecule has 3 N–H and O–H groups in total. The zero-order valence-electron chi connectivity index (χ0n) is 12.7. The Hall–Kier alpha value is -1.34. The maximum absolute atomic E-state index is 12.2. The van der Waals surface area contributed by atoms with Gasteiger partial charge in [0.1, 0.15) is 10.7 Å². The van der Waals surface area contributed by atoms with Gasteiger partial charge in [-0.2, -0.15) is 0 Å². The van der Waals surface area contributed by atoms with Gasteiger partial charge in [0.05, 0.1) is 6.10 Å². The number of amides is 1. The second-order valence-electron chi connectivity index (χ2n) is 5.37. The fourth-order valence-corrected chi connectivity index (χ4v) is 3.23. The number of carbonyl (C=O) groups excluding carboxylic acids is 1. The summed E-state index contributed by atoms with van der Waals surface area (Å²) < 4.78 is 5.11. The van der Waals surface area contributed by atoms with Crippen molar-refractivity contribution in [1.29, 1.82) is 0 Å². The average Bonchev–Trinajstić information content (AvgIpc) is 2.70. The monoisotopic (exact) mass is 312 g/mol. The van der Waals surface area contributed by atoms with E-state index in [2.05, 4.69) is 15.2 Å². The largest absolute Gasteiger partial charge is 0.382 e. The highest BCUT2D eigenvalue weighted by molar-refractivity contribution is 7.18. The van der Waals surface area contributed by atoms with Gasteiger partial charge in [-0.15, -0.1) is 0 Å². The number of nitrogen functional groups attached to an aromatic ring is 1. The third-order valence-corrected chi connectivity index (χ3v) is 4.81. The van der Waals surface area contributed by atoms with Crippen molar-refractivity contribution in [3.63, 3.8) is 0 Å². The zero-order chi connectivity index (χ0) is 15.2. The minimum Gasteiger partial charge on any atom is -0.382 e. The number of aromatic nitrogens is 1. The number of anilines is 2. The Labute approximate surface area is 129 Å². The number of hydrogen-bond acceptors (Lipinski definition) is 6. The van der Waals surface area contributed by atoms with E-state index in [1.54, 1.807) is 7.11 Å². The first-order valence-corrected chi connectivity index (χ1v) is 8.25. The summed E-state index contributed by atoms with van der Waals surface area (Å²) in [5.74, 6) is 0.150. The molecule has 0 radical (unpaired) electrons. The summed E-state index contributed by atoms with van der Waals surface area (Å²) in [5.41, 5.74) is 5.91. The van der Waals surface area contributed by atoms with Gasteiger partial charge in [0, 0.05) is 26.7 Å². The normalized spacial score (nSPS) is 17.3. The molecule has 0 aromatic carbocycles. The molecule has 7 heteroatoms. The predicted octanol–water partition coefficient (Wildman–Crippen LogP) is 1.87. The molecule has 2 heterocycles. The highest BCUT2D eigenvalue weighted by Crippen LogP contribution is 2.29. The zero-order valence-corrected chi connectivity index (χ0v) is 13.5. The Bertz CT molecular complexity index is 470. The van der Waals surface area contributed by atoms with Crippen LogP contribution in [0.5, 0.6) is 0 Å². The van der Waals surface area contributed by atoms with Crippen LogP contribution in [-0.2, 0) is 4.74 Å². The summed E-state index contributed by atoms with van der Waals surface area (Å²) in [6.45, 7) is 4.36. The standard InChI is InChI=1S/C14H24N4O2S/c1-10(20-2)9-16-13(19)11-12(15)17-14(21-11)18-7-5-3-4-6-8-18/h10H,3-9,15H2,1-2H3,(H,16,19). The molecule has 0 aliphatic carbocycles. The smallest absolute Gasteiger partial charge is 0.265 e. The van der Waals surface area contributed by atoms with Crippen LogP contribution in [0.15, 0.2) is 0 Å². The molecule has 2 rings (SSSR count). The Morgan fingerprint density at radius 1 is 1.43 bits per heavy atom. The Morgan fingerprint density at radius 3 is 2.71 bits per heavy atom. The van der Waals surface area contributed by atoms with Crippen LogP contribution in [0.1, 0.15) is 42.3 Å². The van der Waals surface area contributed by atoms with Gasteiger partial charge in [-0.25, -0.2) is 4.98 Å². The number of ether oxygens (including phenoxy) is 1. The van der Waals surface area contributed by atoms with Crippen LogP contribution in [0.4, 0.5) is 10.9 Å². The van der Waals surface area contributed by atoms with Crippen LogP contribution in [0, 0.1) is 0 Å². The molecule has 0 bridgehead atoms. The van der Waals surface area contributed by atoms with Crippen LogP contribution in [0.2, 0.25) is 0 Å². The first-order valence-electron chi connectivity index (χ1n) is 7.44. The topological polar surface area (TPSA) is 80.5 Å². The van der Waals surface area contributed by atoms with E-state index in [9.17, 15) is 4.79 Å². The van der Waals surface area contributed by atoms with Crippen LogP contribution in [0.3, 0.4) is 0 Å². The Balaban J connectivity index is 2.02. The summed E-state index contributed by atoms with van der Waals surface area (Å²) in [4.78, 5) is 19.3. The highest BCUT2D eigenvalue weighted by atomic mass is 32.1. The molecule has 21 heavy (non-hydrogen) atoms. The van der Waals surface area contributed by atoms with Crippen molar-refractivity contribution in [1.82, 2.24) is 10.3 Å². The van der Waals surface area contributed by atoms with Crippen molar-refractivity contribution in [2.75, 3.05) is 37.4 Å². The van der Waals surface area contributed by atoms with Crippen LogP contribution < -0.4 is 16.0 Å². The lowest BCUT2D eigenvalue weighted by atomic mass is 10.2. The van der Waals surface area contributed by atoms with E-state index in [1.807, 2.05) is 6.92 Å². The number of methoxy groups -OCH3 is 1. The molecule has 1 unspecified atom stereocenters. The summed E-state index contributed by atoms with van der Waals surface area (Å²) >= 11 is 1.38. The molecule has 1 atom stereocenters. The van der Waals surface area contributed by atoms with Crippen molar-refractivity contribution in [3.8, 4) is 0 Å². The van der Waals surface area contributed by atoms with Crippen molar-refractivity contribution in [3.05, 3.63) is 4.88 Å². The maximum atomic E-state index is 12.2. The number of thiazole rings is 1. The van der Waals surface area contributed by atoms with Gasteiger partial charge < -0.3 is 20.7 Å². The molecule has 6 nitrogen and oxygen atoms in total. The van der Waals surface area contributed by atoms with Gasteiger partial charge in [-0.3, -0.25) is 4.79 Å². The average molecular weight is 312 g/mol. The van der Waals surface area contributed by atoms with E-state index in [0.717, 1.165) is 18.2 Å². The maximum Gasteiger partial charge on any atom is 0.265 e. The molecule has 0 spiro atoms. The van der Waals surface area contributed by atoms with E-state index in [-0.39, 0.29) is 12.0 Å². The third kappa shape index (κ3) is 4.31. The molecule has 118 valence electrons. The van der Waals surface area contributed by atoms with Crippen molar-refractivity contribution >= 4 is 28.2 Å². The molecule has 1 aromatic rings. The van der Waals surface area contributed by atoms with Gasteiger partial charge in [0.25, 0.3) is 5.91 Å². The molecular formula is C14H24N4O2S. The van der Waals surface area contributed by atoms with E-state index in [4.69, 9.17) is 10.5 Å². The van der Waals surface area contributed by atoms with E-state index >= 15 is 0 Å². The molecule has 1 aliphatic heterocycles. The SMILES string of the molecule is COC(C)CNC(=O)c1sc(N2CCCCCC2)nc1N. The Morgan fingerprint density at radius 2 is 2.10 bits per heavy atom. The van der Waals surface area contributed by atoms with Crippen molar-refractivity contribution in [2.24, 2.45) is 0 Å². The molecular weight excluding hydrogens is 288 g/mol. The van der Waals surface area contributed by atoms with Crippen molar-refractivity contribution in [2.45, 2.75) is 38.7 Å². The molecule has 1 amide bonds. The molecule has 1 aromatic heterocycles. The molecule has 1 fully saturated rings. The van der Waals surface area contributed by atoms with Crippen LogP contribution >= 0.6 is 11.3 Å². The Kier molecular flexibility index (Phi) is 5.81. The summed E-state index contributed by atoms with van der Waals surface area (Å²) in [7, 11) is 1.62. The number of hydrogen-bond donors (Lipinski definition) is 2. The van der Waals surface area contributed by atoms with Crippen LogP contribution in [-0.4, -0.2) is 43.7 Å². The number of rotatable bonds is 5. The molecule has 0 saturated carbocycles. The van der Waals surface area contributed by atoms with Gasteiger partial charge >= 0.3 is 0 Å². The first kappa shape index (κ1) is 16.0. The minimum absolute atomic E-state index is 0.0202. The van der Waals surface area contributed by atoms with Crippen molar-refractivity contribution < 1.29 is 9.53 Å². The van der Waals surface area contributed by atoms with Gasteiger partial charge in [-0.1, -0.05) is 24.2 Å². The lowest BCUT2D eigenvalue weighted by Gasteiger charge is -2.18. The highest BCUT2D eigenvalue weighted by Gasteiger charge is 2.20. The van der Waals surface area contributed by atoms with E-state index in [0.29, 0.717) is 17.2 Å². The quantitative estimate of drug-likeness (QED) is 0.867. The predicted molar refractivity (Wildman–Crippen MR) is 86.0 cm³/mol. The summed E-state index contributed by atoms with van der Waals surface area (Å²) in [5, 5.41) is 3.69. The van der Waals surface area contributed by atoms with Gasteiger partial charge in [0.2, 0.25) is 0 Å². The molecule has 1 aliphatic rings.